The van der Waals surface area contributed by atoms with Gasteiger partial charge in [0.05, 0.1) is 0 Å². The van der Waals surface area contributed by atoms with Gasteiger partial charge in [-0.3, -0.25) is 0 Å². The highest BCUT2D eigenvalue weighted by Crippen LogP contribution is 2.27. The SMILES string of the molecule is Cc1ccccc1CSc1ccc(C(N)=NO)cc1F. The van der Waals surface area contributed by atoms with Crippen molar-refractivity contribution < 1.29 is 9.60 Å². The average molecular weight is 290 g/mol. The van der Waals surface area contributed by atoms with Gasteiger partial charge < -0.3 is 10.9 Å². The van der Waals surface area contributed by atoms with Crippen LogP contribution in [0.15, 0.2) is 52.5 Å². The standard InChI is InChI=1S/C15H15FN2OS/c1-10-4-2-3-5-12(10)9-20-14-7-6-11(8-13(14)16)15(17)18-19/h2-8,19H,9H2,1H3,(H2,17,18). The summed E-state index contributed by atoms with van der Waals surface area (Å²) in [4.78, 5) is 0.544. The van der Waals surface area contributed by atoms with Gasteiger partial charge in [0.1, 0.15) is 5.82 Å². The molecule has 2 aromatic rings. The summed E-state index contributed by atoms with van der Waals surface area (Å²) in [6, 6.07) is 12.6. The zero-order chi connectivity index (χ0) is 14.5. The summed E-state index contributed by atoms with van der Waals surface area (Å²) in [6.45, 7) is 2.04. The van der Waals surface area contributed by atoms with Gasteiger partial charge in [0.25, 0.3) is 0 Å². The third-order valence-electron chi connectivity index (χ3n) is 2.98. The first-order valence-corrected chi connectivity index (χ1v) is 7.05. The Labute approximate surface area is 121 Å². The Bertz CT molecular complexity index is 644. The molecule has 0 aromatic heterocycles. The van der Waals surface area contributed by atoms with E-state index in [2.05, 4.69) is 5.16 Å². The molecule has 0 bridgehead atoms. The molecule has 0 saturated heterocycles. The number of hydrogen-bond acceptors (Lipinski definition) is 3. The summed E-state index contributed by atoms with van der Waals surface area (Å²) >= 11 is 1.42. The molecule has 20 heavy (non-hydrogen) atoms. The number of oxime groups is 1. The molecule has 104 valence electrons. The van der Waals surface area contributed by atoms with Gasteiger partial charge in [-0.15, -0.1) is 11.8 Å². The first-order valence-electron chi connectivity index (χ1n) is 6.06. The van der Waals surface area contributed by atoms with Crippen LogP contribution in [0.3, 0.4) is 0 Å². The fourth-order valence-corrected chi connectivity index (χ4v) is 2.76. The first kappa shape index (κ1) is 14.4. The van der Waals surface area contributed by atoms with E-state index in [1.165, 1.54) is 29.0 Å². The lowest BCUT2D eigenvalue weighted by Crippen LogP contribution is -2.13. The van der Waals surface area contributed by atoms with E-state index < -0.39 is 0 Å². The second-order valence-electron chi connectivity index (χ2n) is 4.35. The van der Waals surface area contributed by atoms with E-state index in [4.69, 9.17) is 10.9 Å². The largest absolute Gasteiger partial charge is 0.409 e. The molecule has 3 N–H and O–H groups in total. The maximum atomic E-state index is 13.9. The molecule has 3 nitrogen and oxygen atoms in total. The summed E-state index contributed by atoms with van der Waals surface area (Å²) in [7, 11) is 0. The number of aryl methyl sites for hydroxylation is 1. The van der Waals surface area contributed by atoms with Crippen molar-refractivity contribution in [2.24, 2.45) is 10.9 Å². The number of rotatable bonds is 4. The normalized spacial score (nSPS) is 11.6. The number of amidine groups is 1. The summed E-state index contributed by atoms with van der Waals surface area (Å²) < 4.78 is 13.9. The number of nitrogens with zero attached hydrogens (tertiary/aromatic N) is 1. The van der Waals surface area contributed by atoms with Crippen molar-refractivity contribution in [3.8, 4) is 0 Å². The molecule has 2 rings (SSSR count). The van der Waals surface area contributed by atoms with Crippen LogP contribution in [0.25, 0.3) is 0 Å². The molecule has 2 aromatic carbocycles. The van der Waals surface area contributed by atoms with E-state index in [9.17, 15) is 4.39 Å². The summed E-state index contributed by atoms with van der Waals surface area (Å²) in [5, 5.41) is 11.4. The van der Waals surface area contributed by atoms with Crippen LogP contribution in [0.1, 0.15) is 16.7 Å². The Morgan fingerprint density at radius 2 is 2.05 bits per heavy atom. The molecule has 0 saturated carbocycles. The van der Waals surface area contributed by atoms with Crippen LogP contribution in [0.2, 0.25) is 0 Å². The highest BCUT2D eigenvalue weighted by Gasteiger charge is 2.08. The van der Waals surface area contributed by atoms with Crippen LogP contribution in [-0.2, 0) is 5.75 Å². The third-order valence-corrected chi connectivity index (χ3v) is 4.08. The van der Waals surface area contributed by atoms with Crippen LogP contribution < -0.4 is 5.73 Å². The molecule has 0 fully saturated rings. The lowest BCUT2D eigenvalue weighted by molar-refractivity contribution is 0.318. The third kappa shape index (κ3) is 3.30. The first-order chi connectivity index (χ1) is 9.61. The van der Waals surface area contributed by atoms with Gasteiger partial charge in [0.15, 0.2) is 5.84 Å². The minimum absolute atomic E-state index is 0.0978. The van der Waals surface area contributed by atoms with Crippen LogP contribution >= 0.6 is 11.8 Å². The van der Waals surface area contributed by atoms with Gasteiger partial charge in [0, 0.05) is 16.2 Å². The van der Waals surface area contributed by atoms with Crippen molar-refractivity contribution in [3.05, 3.63) is 65.0 Å². The fourth-order valence-electron chi connectivity index (χ4n) is 1.76. The molecule has 0 amide bonds. The smallest absolute Gasteiger partial charge is 0.170 e. The second-order valence-corrected chi connectivity index (χ2v) is 5.36. The summed E-state index contributed by atoms with van der Waals surface area (Å²) in [5.41, 5.74) is 8.16. The van der Waals surface area contributed by atoms with Gasteiger partial charge in [-0.2, -0.15) is 0 Å². The van der Waals surface area contributed by atoms with Crippen LogP contribution in [0.5, 0.6) is 0 Å². The Hall–Kier alpha value is -2.01. The van der Waals surface area contributed by atoms with Crippen molar-refractivity contribution in [2.75, 3.05) is 0 Å². The van der Waals surface area contributed by atoms with Crippen molar-refractivity contribution in [2.45, 2.75) is 17.6 Å². The Balaban J connectivity index is 2.13. The molecule has 0 heterocycles. The minimum Gasteiger partial charge on any atom is -0.409 e. The van der Waals surface area contributed by atoms with Gasteiger partial charge in [-0.1, -0.05) is 29.4 Å². The van der Waals surface area contributed by atoms with E-state index in [0.29, 0.717) is 16.2 Å². The maximum Gasteiger partial charge on any atom is 0.170 e. The topological polar surface area (TPSA) is 58.6 Å². The van der Waals surface area contributed by atoms with Gasteiger partial charge in [0.2, 0.25) is 0 Å². The van der Waals surface area contributed by atoms with Crippen molar-refractivity contribution in [1.29, 1.82) is 0 Å². The van der Waals surface area contributed by atoms with Gasteiger partial charge in [-0.25, -0.2) is 4.39 Å². The highest BCUT2D eigenvalue weighted by molar-refractivity contribution is 7.98. The number of hydrogen-bond donors (Lipinski definition) is 2. The summed E-state index contributed by atoms with van der Waals surface area (Å²) in [6.07, 6.45) is 0. The van der Waals surface area contributed by atoms with E-state index in [0.717, 1.165) is 0 Å². The second kappa shape index (κ2) is 6.43. The summed E-state index contributed by atoms with van der Waals surface area (Å²) in [5.74, 6) is 0.235. The fraction of sp³-hybridized carbons (Fsp3) is 0.133. The molecule has 0 unspecified atom stereocenters. The molecule has 0 spiro atoms. The predicted octanol–water partition coefficient (Wildman–Crippen LogP) is 3.52. The monoisotopic (exact) mass is 290 g/mol. The molecule has 0 aliphatic rings. The molecule has 0 atom stereocenters. The van der Waals surface area contributed by atoms with Gasteiger partial charge in [-0.05, 0) is 36.2 Å². The maximum absolute atomic E-state index is 13.9. The quantitative estimate of drug-likeness (QED) is 0.298. The molecule has 0 aliphatic carbocycles. The zero-order valence-electron chi connectivity index (χ0n) is 11.0. The predicted molar refractivity (Wildman–Crippen MR) is 79.7 cm³/mol. The molecule has 0 radical (unpaired) electrons. The van der Waals surface area contributed by atoms with Crippen LogP contribution in [-0.4, -0.2) is 11.0 Å². The van der Waals surface area contributed by atoms with Crippen LogP contribution in [0, 0.1) is 12.7 Å². The Kier molecular flexibility index (Phi) is 4.63. The average Bonchev–Trinajstić information content (AvgIpc) is 2.46. The Morgan fingerprint density at radius 1 is 1.30 bits per heavy atom. The van der Waals surface area contributed by atoms with E-state index >= 15 is 0 Å². The lowest BCUT2D eigenvalue weighted by atomic mass is 10.1. The Morgan fingerprint density at radius 3 is 2.70 bits per heavy atom. The number of nitrogens with two attached hydrogens (primary N) is 1. The minimum atomic E-state index is -0.368. The van der Waals surface area contributed by atoms with Gasteiger partial charge >= 0.3 is 0 Å². The number of halogens is 1. The van der Waals surface area contributed by atoms with E-state index in [1.54, 1.807) is 12.1 Å². The van der Waals surface area contributed by atoms with Crippen molar-refractivity contribution in [1.82, 2.24) is 0 Å². The molecular weight excluding hydrogens is 275 g/mol. The van der Waals surface area contributed by atoms with Crippen molar-refractivity contribution in [3.63, 3.8) is 0 Å². The van der Waals surface area contributed by atoms with Crippen LogP contribution in [0.4, 0.5) is 4.39 Å². The van der Waals surface area contributed by atoms with E-state index in [1.807, 2.05) is 31.2 Å². The van der Waals surface area contributed by atoms with E-state index in [-0.39, 0.29) is 11.7 Å². The number of benzene rings is 2. The zero-order valence-corrected chi connectivity index (χ0v) is 11.8. The molecule has 0 aliphatic heterocycles. The van der Waals surface area contributed by atoms with Crippen molar-refractivity contribution >= 4 is 17.6 Å². The molecule has 5 heteroatoms. The molecular formula is C15H15FN2OS. The highest BCUT2D eigenvalue weighted by atomic mass is 32.2. The lowest BCUT2D eigenvalue weighted by Gasteiger charge is -2.07. The number of thioether (sulfide) groups is 1.